The van der Waals surface area contributed by atoms with E-state index in [9.17, 15) is 0 Å². The summed E-state index contributed by atoms with van der Waals surface area (Å²) < 4.78 is 12.4. The molecule has 1 fully saturated rings. The summed E-state index contributed by atoms with van der Waals surface area (Å²) in [5.74, 6) is 3.18. The zero-order valence-corrected chi connectivity index (χ0v) is 14.0. The number of likely N-dealkylation sites (tertiary alicyclic amines) is 1. The van der Waals surface area contributed by atoms with Crippen molar-refractivity contribution in [1.82, 2.24) is 29.8 Å². The Hall–Kier alpha value is -1.80. The fraction of sp³-hybridized carbons (Fsp3) is 0.733. The van der Waals surface area contributed by atoms with Crippen LogP contribution in [0.4, 0.5) is 0 Å². The Morgan fingerprint density at radius 1 is 1.30 bits per heavy atom. The largest absolute Gasteiger partial charge is 0.384 e. The molecule has 1 atom stereocenters. The normalized spacial score (nSPS) is 18.8. The first-order valence-electron chi connectivity index (χ1n) is 8.08. The molecule has 0 bridgehead atoms. The van der Waals surface area contributed by atoms with Crippen molar-refractivity contribution in [3.63, 3.8) is 0 Å². The smallest absolute Gasteiger partial charge is 0.240 e. The zero-order chi connectivity index (χ0) is 16.2. The molecule has 1 aliphatic rings. The molecule has 1 aliphatic heterocycles. The molecule has 2 aromatic rings. The minimum atomic E-state index is 0.434. The molecule has 0 N–H and O–H groups in total. The van der Waals surface area contributed by atoms with E-state index in [4.69, 9.17) is 9.26 Å². The molecule has 3 rings (SSSR count). The SMILES string of the molecule is COCCc1noc(CN2CCCC2Cn2nc(C)nc2C)n1. The second-order valence-electron chi connectivity index (χ2n) is 6.00. The zero-order valence-electron chi connectivity index (χ0n) is 14.0. The molecule has 126 valence electrons. The second kappa shape index (κ2) is 7.18. The van der Waals surface area contributed by atoms with E-state index in [1.165, 1.54) is 6.42 Å². The lowest BCUT2D eigenvalue weighted by Crippen LogP contribution is -2.33. The maximum atomic E-state index is 5.36. The molecular formula is C15H24N6O2. The highest BCUT2D eigenvalue weighted by Crippen LogP contribution is 2.21. The van der Waals surface area contributed by atoms with Gasteiger partial charge in [-0.05, 0) is 33.2 Å². The first-order chi connectivity index (χ1) is 11.2. The quantitative estimate of drug-likeness (QED) is 0.756. The van der Waals surface area contributed by atoms with Crippen molar-refractivity contribution in [1.29, 1.82) is 0 Å². The topological polar surface area (TPSA) is 82.1 Å². The predicted octanol–water partition coefficient (Wildman–Crippen LogP) is 1.13. The van der Waals surface area contributed by atoms with Gasteiger partial charge in [-0.15, -0.1) is 0 Å². The average Bonchev–Trinajstić information content (AvgIpc) is 3.21. The molecule has 0 aliphatic carbocycles. The number of methoxy groups -OCH3 is 1. The first kappa shape index (κ1) is 16.1. The van der Waals surface area contributed by atoms with Gasteiger partial charge in [0.25, 0.3) is 0 Å². The van der Waals surface area contributed by atoms with E-state index < -0.39 is 0 Å². The summed E-state index contributed by atoms with van der Waals surface area (Å²) in [5.41, 5.74) is 0. The molecule has 2 aromatic heterocycles. The lowest BCUT2D eigenvalue weighted by Gasteiger charge is -2.22. The number of hydrogen-bond acceptors (Lipinski definition) is 7. The molecule has 0 saturated carbocycles. The van der Waals surface area contributed by atoms with Gasteiger partial charge in [0, 0.05) is 19.6 Å². The monoisotopic (exact) mass is 320 g/mol. The van der Waals surface area contributed by atoms with Crippen LogP contribution >= 0.6 is 0 Å². The average molecular weight is 320 g/mol. The van der Waals surface area contributed by atoms with Crippen molar-refractivity contribution in [3.8, 4) is 0 Å². The van der Waals surface area contributed by atoms with Crippen LogP contribution in [0.25, 0.3) is 0 Å². The van der Waals surface area contributed by atoms with Crippen molar-refractivity contribution < 1.29 is 9.26 Å². The van der Waals surface area contributed by atoms with Gasteiger partial charge in [-0.1, -0.05) is 5.16 Å². The van der Waals surface area contributed by atoms with Crippen LogP contribution in [0, 0.1) is 13.8 Å². The van der Waals surface area contributed by atoms with Crippen molar-refractivity contribution >= 4 is 0 Å². The van der Waals surface area contributed by atoms with Gasteiger partial charge in [0.2, 0.25) is 5.89 Å². The van der Waals surface area contributed by atoms with Crippen LogP contribution < -0.4 is 0 Å². The minimum Gasteiger partial charge on any atom is -0.384 e. The van der Waals surface area contributed by atoms with E-state index >= 15 is 0 Å². The van der Waals surface area contributed by atoms with Crippen molar-refractivity contribution in [2.45, 2.75) is 52.2 Å². The highest BCUT2D eigenvalue weighted by Gasteiger charge is 2.27. The summed E-state index contributed by atoms with van der Waals surface area (Å²) in [6.07, 6.45) is 3.02. The first-order valence-corrected chi connectivity index (χ1v) is 8.08. The lowest BCUT2D eigenvalue weighted by molar-refractivity contribution is 0.190. The Morgan fingerprint density at radius 3 is 2.91 bits per heavy atom. The molecule has 1 unspecified atom stereocenters. The second-order valence-corrected chi connectivity index (χ2v) is 6.00. The molecule has 0 amide bonds. The van der Waals surface area contributed by atoms with Gasteiger partial charge in [-0.25, -0.2) is 9.67 Å². The van der Waals surface area contributed by atoms with Gasteiger partial charge in [0.15, 0.2) is 5.82 Å². The summed E-state index contributed by atoms with van der Waals surface area (Å²) in [7, 11) is 1.67. The van der Waals surface area contributed by atoms with E-state index in [1.54, 1.807) is 7.11 Å². The van der Waals surface area contributed by atoms with Gasteiger partial charge >= 0.3 is 0 Å². The van der Waals surface area contributed by atoms with Crippen LogP contribution in [0.15, 0.2) is 4.52 Å². The van der Waals surface area contributed by atoms with Gasteiger partial charge in [0.05, 0.1) is 19.7 Å². The van der Waals surface area contributed by atoms with E-state index in [0.29, 0.717) is 37.3 Å². The summed E-state index contributed by atoms with van der Waals surface area (Å²) >= 11 is 0. The molecule has 8 heteroatoms. The third-order valence-electron chi connectivity index (χ3n) is 4.22. The van der Waals surface area contributed by atoms with Crippen LogP contribution in [0.5, 0.6) is 0 Å². The van der Waals surface area contributed by atoms with Crippen LogP contribution in [0.2, 0.25) is 0 Å². The van der Waals surface area contributed by atoms with Gasteiger partial charge in [-0.3, -0.25) is 4.90 Å². The third-order valence-corrected chi connectivity index (χ3v) is 4.22. The van der Waals surface area contributed by atoms with E-state index in [1.807, 2.05) is 18.5 Å². The Kier molecular flexibility index (Phi) is 5.02. The molecule has 23 heavy (non-hydrogen) atoms. The molecule has 3 heterocycles. The molecule has 0 spiro atoms. The van der Waals surface area contributed by atoms with Gasteiger partial charge in [-0.2, -0.15) is 10.1 Å². The Morgan fingerprint density at radius 2 is 2.17 bits per heavy atom. The number of hydrogen-bond donors (Lipinski definition) is 0. The van der Waals surface area contributed by atoms with Crippen LogP contribution in [-0.4, -0.2) is 56.1 Å². The fourth-order valence-electron chi connectivity index (χ4n) is 3.07. The maximum absolute atomic E-state index is 5.36. The lowest BCUT2D eigenvalue weighted by atomic mass is 10.2. The molecule has 8 nitrogen and oxygen atoms in total. The number of ether oxygens (including phenoxy) is 1. The Labute approximate surface area is 135 Å². The number of nitrogens with zero attached hydrogens (tertiary/aromatic N) is 6. The van der Waals surface area contributed by atoms with E-state index in [-0.39, 0.29) is 0 Å². The van der Waals surface area contributed by atoms with Crippen molar-refractivity contribution in [2.24, 2.45) is 0 Å². The van der Waals surface area contributed by atoms with Crippen LogP contribution in [0.3, 0.4) is 0 Å². The summed E-state index contributed by atoms with van der Waals surface area (Å²) in [4.78, 5) is 11.2. The van der Waals surface area contributed by atoms with Crippen LogP contribution in [0.1, 0.15) is 36.2 Å². The van der Waals surface area contributed by atoms with Gasteiger partial charge in [0.1, 0.15) is 11.6 Å². The van der Waals surface area contributed by atoms with E-state index in [0.717, 1.165) is 31.2 Å². The standard InChI is InChI=1S/C15H24N6O2/c1-11-16-12(2)21(18-11)9-13-5-4-7-20(13)10-15-17-14(19-23-15)6-8-22-3/h13H,4-10H2,1-3H3. The minimum absolute atomic E-state index is 0.434. The van der Waals surface area contributed by atoms with Gasteiger partial charge < -0.3 is 9.26 Å². The third kappa shape index (κ3) is 3.94. The molecular weight excluding hydrogens is 296 g/mol. The number of rotatable bonds is 7. The highest BCUT2D eigenvalue weighted by molar-refractivity contribution is 4.92. The summed E-state index contributed by atoms with van der Waals surface area (Å²) in [6, 6.07) is 0.434. The number of aryl methyl sites for hydroxylation is 2. The summed E-state index contributed by atoms with van der Waals surface area (Å²) in [5, 5.41) is 8.47. The van der Waals surface area contributed by atoms with Crippen molar-refractivity contribution in [3.05, 3.63) is 23.4 Å². The van der Waals surface area contributed by atoms with Crippen LogP contribution in [-0.2, 0) is 24.2 Å². The number of aromatic nitrogens is 5. The predicted molar refractivity (Wildman–Crippen MR) is 82.8 cm³/mol. The molecule has 0 aromatic carbocycles. The highest BCUT2D eigenvalue weighted by atomic mass is 16.5. The Bertz CT molecular complexity index is 638. The fourth-order valence-corrected chi connectivity index (χ4v) is 3.07. The summed E-state index contributed by atoms with van der Waals surface area (Å²) in [6.45, 7) is 7.13. The van der Waals surface area contributed by atoms with E-state index in [2.05, 4.69) is 25.1 Å². The Balaban J connectivity index is 1.60. The molecule has 1 saturated heterocycles. The molecule has 0 radical (unpaired) electrons. The van der Waals surface area contributed by atoms with Crippen molar-refractivity contribution in [2.75, 3.05) is 20.3 Å². The maximum Gasteiger partial charge on any atom is 0.240 e.